The van der Waals surface area contributed by atoms with Crippen LogP contribution in [0.1, 0.15) is 0 Å². The minimum absolute atomic E-state index is 0. The Labute approximate surface area is 375 Å². The first-order valence-corrected chi connectivity index (χ1v) is 2.68. The number of nitrogens with zero attached hydrogens (tertiary/aromatic N) is 12. The Balaban J connectivity index is -0.00000000244. The molecule has 0 saturated heterocycles. The Morgan fingerprint density at radius 3 is 0.182 bits per heavy atom. The first kappa shape index (κ1) is 207. The van der Waals surface area contributed by atoms with E-state index in [1.54, 1.807) is 0 Å². The van der Waals surface area contributed by atoms with Gasteiger partial charge in [0.1, 0.15) is 0 Å². The van der Waals surface area contributed by atoms with Crippen LogP contribution >= 0.6 is 0 Å². The van der Waals surface area contributed by atoms with Gasteiger partial charge in [-0.05, 0) is 0 Å². The van der Waals surface area contributed by atoms with Gasteiger partial charge < -0.3 is 142 Å². The topological polar surface area (TPSA) is 285 Å². The van der Waals surface area contributed by atoms with E-state index >= 15 is 0 Å². The Morgan fingerprint density at radius 2 is 0.182 bits per heavy atom. The van der Waals surface area contributed by atoms with Crippen molar-refractivity contribution in [1.29, 1.82) is 63.1 Å². The van der Waals surface area contributed by atoms with Crippen molar-refractivity contribution in [2.45, 2.75) is 0 Å². The van der Waals surface area contributed by atoms with E-state index in [0.29, 0.717) is 0 Å². The van der Waals surface area contributed by atoms with Crippen molar-refractivity contribution in [3.8, 4) is 0 Å². The molecule has 0 aliphatic rings. The van der Waals surface area contributed by atoms with Crippen molar-refractivity contribution in [2.75, 3.05) is 0 Å². The third-order valence-electron chi connectivity index (χ3n) is 0. The fraction of sp³-hybridized carbons (Fsp3) is 0. The number of hydrogen-bond donors (Lipinski definition) is 0. The van der Waals surface area contributed by atoms with Gasteiger partial charge in [0.05, 0.1) is 0 Å². The van der Waals surface area contributed by atoms with Gasteiger partial charge >= 0.3 is 241 Å². The van der Waals surface area contributed by atoms with E-state index < -0.39 is 0 Å². The van der Waals surface area contributed by atoms with Gasteiger partial charge in [0.25, 0.3) is 0 Å². The van der Waals surface area contributed by atoms with Gasteiger partial charge in [-0.3, -0.25) is 0 Å². The van der Waals surface area contributed by atoms with E-state index in [1.807, 2.05) is 0 Å². The Hall–Kier alpha value is 1.92. The maximum Gasteiger partial charge on any atom is 3.00 e. The molecule has 0 atom stereocenters. The molecule has 21 heteroatoms. The van der Waals surface area contributed by atoms with Gasteiger partial charge in [-0.15, -0.1) is 0 Å². The van der Waals surface area contributed by atoms with Crippen molar-refractivity contribution in [3.05, 3.63) is 78.9 Å². The molecule has 33 heavy (non-hydrogen) atoms. The van der Waals surface area contributed by atoms with Crippen LogP contribution in [0.2, 0.25) is 0 Å². The van der Waals surface area contributed by atoms with Gasteiger partial charge in [0.15, 0.2) is 0 Å². The molecule has 0 aliphatic carbocycles. The van der Waals surface area contributed by atoms with E-state index in [-0.39, 0.29) is 241 Å². The number of rotatable bonds is 0. The third-order valence-corrected chi connectivity index (χ3v) is 0. The molecule has 0 N–H and O–H groups in total. The molecule has 0 spiro atoms. The normalized spacial score (nSPS) is 0.727. The molecule has 0 aromatic carbocycles. The molecule has 0 fully saturated rings. The average molecular weight is 585 g/mol. The summed E-state index contributed by atoms with van der Waals surface area (Å²) in [7, 11) is 0. The van der Waals surface area contributed by atoms with Gasteiger partial charge in [-0.2, -0.15) is 0 Å². The van der Waals surface area contributed by atoms with Crippen molar-refractivity contribution in [3.63, 3.8) is 0 Å². The second-order valence-corrected chi connectivity index (χ2v) is 0. The van der Waals surface area contributed by atoms with Gasteiger partial charge in [-0.25, -0.2) is 0 Å². The summed E-state index contributed by atoms with van der Waals surface area (Å²) in [6.07, 6.45) is 0. The van der Waals surface area contributed by atoms with Crippen LogP contribution in [0.3, 0.4) is 0 Å². The van der Waals surface area contributed by atoms with Crippen LogP contribution in [0.4, 0.5) is 0 Å². The SMILES string of the molecule is [C-]#N.[C-]#N.[C-]#N.[C-]#N.[C-]#N.[C-]#N.[C-]#N.[C-]#N.[C-]#N.[C-]#N.[C-]#N.[C-]#N.[Fe+2].[Fe+3].[Na+].[Na+].[Na+].[Na+].[Na+].[Na+].[Na+]. The summed E-state index contributed by atoms with van der Waals surface area (Å²) in [5.41, 5.74) is 0. The molecule has 0 heterocycles. The molecule has 0 bridgehead atoms. The summed E-state index contributed by atoms with van der Waals surface area (Å²) < 4.78 is 0. The second-order valence-electron chi connectivity index (χ2n) is 0. The second kappa shape index (κ2) is 9980. The molecule has 0 rings (SSSR count). The minimum atomic E-state index is 0. The van der Waals surface area contributed by atoms with Crippen molar-refractivity contribution >= 4 is 0 Å². The summed E-state index contributed by atoms with van der Waals surface area (Å²) in [5, 5.41) is 75.0. The summed E-state index contributed by atoms with van der Waals surface area (Å²) >= 11 is 0. The molecule has 0 saturated carbocycles. The van der Waals surface area contributed by atoms with E-state index in [0.717, 1.165) is 0 Å². The predicted octanol–water partition coefficient (Wildman–Crippen LogP) is -19.8. The van der Waals surface area contributed by atoms with Crippen LogP contribution in [-0.4, -0.2) is 0 Å². The van der Waals surface area contributed by atoms with Crippen molar-refractivity contribution in [1.82, 2.24) is 0 Å². The van der Waals surface area contributed by atoms with Crippen LogP contribution in [0.5, 0.6) is 0 Å². The summed E-state index contributed by atoms with van der Waals surface area (Å²) in [4.78, 5) is 0. The molecule has 131 valence electrons. The molecule has 0 aromatic rings. The number of hydrogen-bond acceptors (Lipinski definition) is 12. The predicted molar refractivity (Wildman–Crippen MR) is 59.6 cm³/mol. The largest absolute Gasteiger partial charge is 3.00 e. The monoisotopic (exact) mass is 585 g/mol. The van der Waals surface area contributed by atoms with Crippen molar-refractivity contribution in [2.24, 2.45) is 0 Å². The van der Waals surface area contributed by atoms with Crippen LogP contribution in [0.15, 0.2) is 0 Å². The fourth-order valence-electron chi connectivity index (χ4n) is 0. The van der Waals surface area contributed by atoms with Gasteiger partial charge in [-0.1, -0.05) is 0 Å². The molecule has 0 aromatic heterocycles. The van der Waals surface area contributed by atoms with Crippen LogP contribution in [0, 0.1) is 142 Å². The standard InChI is InChI=1S/12CN.2Fe.7Na/c12*1-2;;;;;;;;;/q12*-1;+2;+3;7*+1. The van der Waals surface area contributed by atoms with E-state index in [4.69, 9.17) is 142 Å². The zero-order chi connectivity index (χ0) is 24.0. The average Bonchev–Trinajstić information content (AvgIpc) is 2.84. The zero-order valence-corrected chi connectivity index (χ0v) is 35.3. The van der Waals surface area contributed by atoms with E-state index in [9.17, 15) is 0 Å². The van der Waals surface area contributed by atoms with Gasteiger partial charge in [0, 0.05) is 0 Å². The molecule has 1 radical (unpaired) electrons. The molecule has 0 unspecified atom stereocenters. The Bertz CT molecular complexity index is 245. The molecular formula is C12Fe2N12Na7. The van der Waals surface area contributed by atoms with E-state index in [1.165, 1.54) is 0 Å². The Kier molecular flexibility index (Phi) is 62700. The van der Waals surface area contributed by atoms with Gasteiger partial charge in [0.2, 0.25) is 0 Å². The smallest absolute Gasteiger partial charge is 0.512 e. The first-order chi connectivity index (χ1) is 12.0. The molecule has 0 aliphatic heterocycles. The van der Waals surface area contributed by atoms with Crippen LogP contribution in [-0.2, 0) is 34.1 Å². The van der Waals surface area contributed by atoms with E-state index in [2.05, 4.69) is 0 Å². The summed E-state index contributed by atoms with van der Waals surface area (Å²) in [6, 6.07) is 0. The van der Waals surface area contributed by atoms with Crippen LogP contribution < -0.4 is 207 Å². The minimum Gasteiger partial charge on any atom is -0.512 e. The molecule has 0 amide bonds. The van der Waals surface area contributed by atoms with Crippen LogP contribution in [0.25, 0.3) is 0 Å². The summed E-state index contributed by atoms with van der Waals surface area (Å²) in [6.45, 7) is 57.0. The molecular weight excluding hydrogens is 585 g/mol. The third kappa shape index (κ3) is 9380. The summed E-state index contributed by atoms with van der Waals surface area (Å²) in [5.74, 6) is 0. The molecule has 12 nitrogen and oxygen atoms in total. The first-order valence-electron chi connectivity index (χ1n) is 2.68. The zero-order valence-electron chi connectivity index (χ0n) is 19.1. The fourth-order valence-corrected chi connectivity index (χ4v) is 0. The maximum absolute atomic E-state index is 6.25. The Morgan fingerprint density at radius 1 is 0.182 bits per heavy atom. The maximum atomic E-state index is 6.25. The quantitative estimate of drug-likeness (QED) is 0.189. The van der Waals surface area contributed by atoms with Crippen molar-refractivity contribution < 1.29 is 241 Å².